The highest BCUT2D eigenvalue weighted by Crippen LogP contribution is 2.43. The van der Waals surface area contributed by atoms with Crippen LogP contribution in [0.15, 0.2) is 122 Å². The van der Waals surface area contributed by atoms with E-state index in [0.29, 0.717) is 28.4 Å². The molecule has 6 aromatic rings. The molecule has 0 saturated carbocycles. The summed E-state index contributed by atoms with van der Waals surface area (Å²) in [6.07, 6.45) is 1.02. The number of carbonyl (C=O) groups is 1. The number of hydrogen-bond acceptors (Lipinski definition) is 10. The number of amides is 1. The molecule has 7 rings (SSSR count). The summed E-state index contributed by atoms with van der Waals surface area (Å²) in [6, 6.07) is 34.5. The number of ether oxygens (including phenoxy) is 5. The van der Waals surface area contributed by atoms with Gasteiger partial charge in [-0.25, -0.2) is 15.0 Å². The summed E-state index contributed by atoms with van der Waals surface area (Å²) in [5.74, 6) is 1.85. The van der Waals surface area contributed by atoms with Gasteiger partial charge in [0.1, 0.15) is 41.5 Å². The lowest BCUT2D eigenvalue weighted by molar-refractivity contribution is -0.118. The molecule has 2 N–H and O–H groups in total. The number of nitrogens with zero attached hydrogens (tertiary/aromatic N) is 4. The molecule has 0 bridgehead atoms. The lowest BCUT2D eigenvalue weighted by Gasteiger charge is -2.37. The van der Waals surface area contributed by atoms with Crippen molar-refractivity contribution in [3.05, 3.63) is 139 Å². The molecule has 12 heteroatoms. The number of anilines is 1. The van der Waals surface area contributed by atoms with Gasteiger partial charge in [0.2, 0.25) is 0 Å². The number of para-hydroxylation sites is 1. The second kappa shape index (κ2) is 15.0. The average Bonchev–Trinajstić information content (AvgIpc) is 3.79. The van der Waals surface area contributed by atoms with E-state index in [1.165, 1.54) is 6.33 Å². The van der Waals surface area contributed by atoms with E-state index in [1.54, 1.807) is 37.2 Å². The van der Waals surface area contributed by atoms with Crippen LogP contribution < -0.4 is 19.5 Å². The molecule has 1 saturated heterocycles. The molecule has 1 fully saturated rings. The predicted molar refractivity (Wildman–Crippen MR) is 189 cm³/mol. The SMILES string of the molecule is COc1ccc(C(OC[C@H]2O[C@@H](n3cnc4c(NC(=O)COc5ccccc5)ncnc43)C[C@H]2O)(c2ccccc2)c2ccc(OC)cc2)cc1. The molecule has 1 amide bonds. The largest absolute Gasteiger partial charge is 0.497 e. The van der Waals surface area contributed by atoms with Crippen LogP contribution >= 0.6 is 0 Å². The first-order valence-corrected chi connectivity index (χ1v) is 16.5. The van der Waals surface area contributed by atoms with E-state index in [-0.39, 0.29) is 25.5 Å². The summed E-state index contributed by atoms with van der Waals surface area (Å²) in [6.45, 7) is -0.150. The number of aliphatic hydroxyl groups excluding tert-OH is 1. The van der Waals surface area contributed by atoms with Crippen LogP contribution in [0.2, 0.25) is 0 Å². The molecular weight excluding hydrogens is 650 g/mol. The van der Waals surface area contributed by atoms with Gasteiger partial charge in [-0.15, -0.1) is 0 Å². The van der Waals surface area contributed by atoms with Gasteiger partial charge in [0.05, 0.1) is 33.3 Å². The number of nitrogens with one attached hydrogen (secondary N) is 1. The second-order valence-electron chi connectivity index (χ2n) is 11.9. The fourth-order valence-corrected chi connectivity index (χ4v) is 6.31. The first kappa shape index (κ1) is 33.7. The Morgan fingerprint density at radius 2 is 1.43 bits per heavy atom. The molecule has 4 aromatic carbocycles. The minimum absolute atomic E-state index is 0.0506. The highest BCUT2D eigenvalue weighted by molar-refractivity contribution is 5.97. The number of hydrogen-bond donors (Lipinski definition) is 2. The van der Waals surface area contributed by atoms with Gasteiger partial charge in [0, 0.05) is 6.42 Å². The maximum Gasteiger partial charge on any atom is 0.263 e. The summed E-state index contributed by atoms with van der Waals surface area (Å²) >= 11 is 0. The van der Waals surface area contributed by atoms with Crippen molar-refractivity contribution in [1.29, 1.82) is 0 Å². The molecule has 0 aliphatic carbocycles. The standard InChI is InChI=1S/C39H37N5O7/c1-47-29-17-13-27(14-18-29)39(26-9-5-3-6-10-26,28-15-19-30(48-2)20-16-28)50-22-33-32(45)21-35(51-33)44-25-42-36-37(40-24-41-38(36)44)43-34(46)23-49-31-11-7-4-8-12-31/h3-20,24-25,32-33,35,45H,21-23H2,1-2H3,(H,40,41,43,46)/t32-,33-,35-/m1/s1. The molecule has 1 aliphatic heterocycles. The van der Waals surface area contributed by atoms with Gasteiger partial charge in [0.25, 0.3) is 5.91 Å². The van der Waals surface area contributed by atoms with E-state index >= 15 is 0 Å². The molecule has 0 unspecified atom stereocenters. The average molecular weight is 688 g/mol. The van der Waals surface area contributed by atoms with Crippen LogP contribution in [-0.4, -0.2) is 70.2 Å². The number of carbonyl (C=O) groups excluding carboxylic acids is 1. The molecule has 0 spiro atoms. The van der Waals surface area contributed by atoms with Gasteiger partial charge in [-0.3, -0.25) is 9.36 Å². The first-order valence-electron chi connectivity index (χ1n) is 16.5. The Kier molecular flexibility index (Phi) is 9.88. The fraction of sp³-hybridized carbons (Fsp3) is 0.231. The van der Waals surface area contributed by atoms with Crippen molar-refractivity contribution in [1.82, 2.24) is 19.5 Å². The van der Waals surface area contributed by atoms with Crippen LogP contribution in [0, 0.1) is 0 Å². The first-order chi connectivity index (χ1) is 25.0. The number of imidazole rings is 1. The molecule has 2 aromatic heterocycles. The summed E-state index contributed by atoms with van der Waals surface area (Å²) < 4.78 is 31.6. The summed E-state index contributed by atoms with van der Waals surface area (Å²) in [4.78, 5) is 25.8. The Labute approximate surface area is 294 Å². The van der Waals surface area contributed by atoms with Gasteiger partial charge < -0.3 is 34.1 Å². The maximum absolute atomic E-state index is 12.7. The summed E-state index contributed by atoms with van der Waals surface area (Å²) in [5.41, 5.74) is 2.37. The van der Waals surface area contributed by atoms with Gasteiger partial charge in [-0.2, -0.15) is 0 Å². The van der Waals surface area contributed by atoms with E-state index in [2.05, 4.69) is 20.3 Å². The summed E-state index contributed by atoms with van der Waals surface area (Å²) in [5, 5.41) is 14.1. The van der Waals surface area contributed by atoms with E-state index in [4.69, 9.17) is 23.7 Å². The van der Waals surface area contributed by atoms with Gasteiger partial charge in [-0.1, -0.05) is 72.8 Å². The van der Waals surface area contributed by atoms with Crippen molar-refractivity contribution in [3.63, 3.8) is 0 Å². The minimum Gasteiger partial charge on any atom is -0.497 e. The zero-order chi connectivity index (χ0) is 35.2. The Bertz CT molecular complexity index is 2010. The lowest BCUT2D eigenvalue weighted by Crippen LogP contribution is -2.38. The van der Waals surface area contributed by atoms with E-state index in [1.807, 2.05) is 97.1 Å². The van der Waals surface area contributed by atoms with Crippen LogP contribution in [0.1, 0.15) is 29.3 Å². The van der Waals surface area contributed by atoms with Crippen molar-refractivity contribution < 1.29 is 33.6 Å². The van der Waals surface area contributed by atoms with Crippen molar-refractivity contribution in [2.75, 3.05) is 32.8 Å². The molecule has 51 heavy (non-hydrogen) atoms. The number of methoxy groups -OCH3 is 2. The van der Waals surface area contributed by atoms with Crippen LogP contribution in [0.4, 0.5) is 5.82 Å². The van der Waals surface area contributed by atoms with Crippen molar-refractivity contribution >= 4 is 22.9 Å². The number of fused-ring (bicyclic) bond motifs is 1. The number of rotatable bonds is 13. The highest BCUT2D eigenvalue weighted by atomic mass is 16.6. The van der Waals surface area contributed by atoms with E-state index < -0.39 is 29.9 Å². The molecule has 12 nitrogen and oxygen atoms in total. The topological polar surface area (TPSA) is 139 Å². The van der Waals surface area contributed by atoms with Gasteiger partial charge in [0.15, 0.2) is 23.6 Å². The molecule has 1 aliphatic rings. The fourth-order valence-electron chi connectivity index (χ4n) is 6.31. The van der Waals surface area contributed by atoms with E-state index in [0.717, 1.165) is 16.7 Å². The zero-order valence-corrected chi connectivity index (χ0v) is 28.1. The third-order valence-corrected chi connectivity index (χ3v) is 8.88. The Balaban J connectivity index is 1.13. The molecule has 3 atom stereocenters. The molecule has 3 heterocycles. The third kappa shape index (κ3) is 6.97. The van der Waals surface area contributed by atoms with Crippen LogP contribution in [0.3, 0.4) is 0 Å². The van der Waals surface area contributed by atoms with Crippen molar-refractivity contribution in [3.8, 4) is 17.2 Å². The smallest absolute Gasteiger partial charge is 0.263 e. The van der Waals surface area contributed by atoms with Crippen molar-refractivity contribution in [2.24, 2.45) is 0 Å². The normalized spacial score (nSPS) is 17.3. The maximum atomic E-state index is 12.7. The quantitative estimate of drug-likeness (QED) is 0.149. The minimum atomic E-state index is -1.08. The van der Waals surface area contributed by atoms with Crippen LogP contribution in [0.5, 0.6) is 17.2 Å². The van der Waals surface area contributed by atoms with Crippen LogP contribution in [-0.2, 0) is 19.9 Å². The Hall–Kier alpha value is -5.82. The van der Waals surface area contributed by atoms with Crippen LogP contribution in [0.25, 0.3) is 11.2 Å². The monoisotopic (exact) mass is 687 g/mol. The Morgan fingerprint density at radius 1 is 0.824 bits per heavy atom. The Morgan fingerprint density at radius 3 is 2.06 bits per heavy atom. The molecular formula is C39H37N5O7. The predicted octanol–water partition coefficient (Wildman–Crippen LogP) is 5.52. The summed E-state index contributed by atoms with van der Waals surface area (Å²) in [7, 11) is 3.26. The number of benzene rings is 4. The third-order valence-electron chi connectivity index (χ3n) is 8.88. The van der Waals surface area contributed by atoms with Gasteiger partial charge >= 0.3 is 0 Å². The lowest BCUT2D eigenvalue weighted by atomic mass is 9.80. The number of aromatic nitrogens is 4. The van der Waals surface area contributed by atoms with Crippen molar-refractivity contribution in [2.45, 2.75) is 30.5 Å². The number of aliphatic hydroxyl groups is 1. The second-order valence-corrected chi connectivity index (χ2v) is 11.9. The molecule has 260 valence electrons. The zero-order valence-electron chi connectivity index (χ0n) is 28.1. The van der Waals surface area contributed by atoms with Gasteiger partial charge in [-0.05, 0) is 53.1 Å². The molecule has 0 radical (unpaired) electrons. The van der Waals surface area contributed by atoms with E-state index in [9.17, 15) is 9.90 Å². The highest BCUT2D eigenvalue weighted by Gasteiger charge is 2.42.